The summed E-state index contributed by atoms with van der Waals surface area (Å²) in [5.74, 6) is -3.05. The smallest absolute Gasteiger partial charge is 0.387 e. The third-order valence-corrected chi connectivity index (χ3v) is 8.72. The number of likely N-dealkylation sites (tertiary alicyclic amines) is 1. The van der Waals surface area contributed by atoms with Gasteiger partial charge in [0, 0.05) is 48.4 Å². The molecule has 8 nitrogen and oxygen atoms in total. The summed E-state index contributed by atoms with van der Waals surface area (Å²) in [5.41, 5.74) is 0.189. The number of ether oxygens (including phenoxy) is 1. The number of phenols is 1. The maximum absolute atomic E-state index is 14.4. The van der Waals surface area contributed by atoms with E-state index in [1.54, 1.807) is 6.92 Å². The van der Waals surface area contributed by atoms with Crippen LogP contribution in [-0.2, 0) is 10.0 Å². The van der Waals surface area contributed by atoms with Crippen LogP contribution in [0.3, 0.4) is 0 Å². The third-order valence-electron chi connectivity index (χ3n) is 7.91. The SMILES string of the molecule is CC(=Cc1ccc(F)cc1F)CN(CC1CCCN1CC1(NS(C)(=O)=O)CCCC1)C(=O)c1ccc(OC(F)F)c(O)c1. The van der Waals surface area contributed by atoms with Gasteiger partial charge in [-0.3, -0.25) is 9.69 Å². The van der Waals surface area contributed by atoms with Gasteiger partial charge in [-0.1, -0.05) is 24.5 Å². The van der Waals surface area contributed by atoms with E-state index in [1.807, 2.05) is 0 Å². The number of halogens is 4. The molecule has 1 saturated heterocycles. The second kappa shape index (κ2) is 13.6. The second-order valence-corrected chi connectivity index (χ2v) is 13.3. The molecule has 2 aromatic rings. The summed E-state index contributed by atoms with van der Waals surface area (Å²) >= 11 is 0. The highest BCUT2D eigenvalue weighted by atomic mass is 32.2. The van der Waals surface area contributed by atoms with Crippen LogP contribution in [0.5, 0.6) is 11.5 Å². The Labute approximate surface area is 249 Å². The fourth-order valence-electron chi connectivity index (χ4n) is 6.17. The first kappa shape index (κ1) is 32.7. The van der Waals surface area contributed by atoms with Gasteiger partial charge in [0.05, 0.1) is 6.26 Å². The van der Waals surface area contributed by atoms with E-state index in [9.17, 15) is 35.9 Å². The molecule has 1 aliphatic heterocycles. The van der Waals surface area contributed by atoms with Gasteiger partial charge in [-0.15, -0.1) is 0 Å². The number of aromatic hydroxyl groups is 1. The average Bonchev–Trinajstić information content (AvgIpc) is 3.54. The van der Waals surface area contributed by atoms with E-state index in [2.05, 4.69) is 14.4 Å². The molecule has 1 saturated carbocycles. The summed E-state index contributed by atoms with van der Waals surface area (Å²) in [5, 5.41) is 10.2. The highest BCUT2D eigenvalue weighted by molar-refractivity contribution is 7.88. The predicted octanol–water partition coefficient (Wildman–Crippen LogP) is 5.14. The van der Waals surface area contributed by atoms with Crippen LogP contribution < -0.4 is 9.46 Å². The zero-order valence-electron chi connectivity index (χ0n) is 24.2. The van der Waals surface area contributed by atoms with Crippen molar-refractivity contribution in [3.05, 3.63) is 64.7 Å². The average molecular weight is 628 g/mol. The molecule has 1 atom stereocenters. The van der Waals surface area contributed by atoms with Crippen molar-refractivity contribution in [3.8, 4) is 11.5 Å². The molecular formula is C30H37F4N3O5S. The number of hydrogen-bond donors (Lipinski definition) is 2. The van der Waals surface area contributed by atoms with Crippen LogP contribution in [0.25, 0.3) is 6.08 Å². The fraction of sp³-hybridized carbons (Fsp3) is 0.500. The van der Waals surface area contributed by atoms with Crippen molar-refractivity contribution in [2.75, 3.05) is 32.4 Å². The minimum atomic E-state index is -3.45. The molecule has 0 bridgehead atoms. The number of rotatable bonds is 12. The molecule has 43 heavy (non-hydrogen) atoms. The van der Waals surface area contributed by atoms with Gasteiger partial charge in [0.1, 0.15) is 11.6 Å². The quantitative estimate of drug-likeness (QED) is 0.316. The van der Waals surface area contributed by atoms with Crippen molar-refractivity contribution in [2.24, 2.45) is 0 Å². The Morgan fingerprint density at radius 2 is 1.91 bits per heavy atom. The second-order valence-electron chi connectivity index (χ2n) is 11.5. The topological polar surface area (TPSA) is 99.2 Å². The molecule has 4 rings (SSSR count). The summed E-state index contributed by atoms with van der Waals surface area (Å²) in [7, 11) is -3.45. The van der Waals surface area contributed by atoms with Crippen LogP contribution in [0.2, 0.25) is 0 Å². The molecule has 1 heterocycles. The third kappa shape index (κ3) is 8.93. The van der Waals surface area contributed by atoms with Gasteiger partial charge in [0.15, 0.2) is 11.5 Å². The van der Waals surface area contributed by atoms with Crippen molar-refractivity contribution < 1.29 is 40.6 Å². The Morgan fingerprint density at radius 1 is 1.19 bits per heavy atom. The zero-order valence-corrected chi connectivity index (χ0v) is 25.0. The van der Waals surface area contributed by atoms with Crippen molar-refractivity contribution >= 4 is 22.0 Å². The lowest BCUT2D eigenvalue weighted by molar-refractivity contribution is -0.0512. The summed E-state index contributed by atoms with van der Waals surface area (Å²) in [6.45, 7) is 0.0516. The lowest BCUT2D eigenvalue weighted by Crippen LogP contribution is -2.55. The van der Waals surface area contributed by atoms with Gasteiger partial charge in [-0.05, 0) is 69.5 Å². The number of nitrogens with one attached hydrogen (secondary N) is 1. The largest absolute Gasteiger partial charge is 0.504 e. The first-order valence-electron chi connectivity index (χ1n) is 14.2. The molecular weight excluding hydrogens is 590 g/mol. The lowest BCUT2D eigenvalue weighted by Gasteiger charge is -2.38. The number of nitrogens with zero attached hydrogens (tertiary/aromatic N) is 2. The highest BCUT2D eigenvalue weighted by Gasteiger charge is 2.41. The predicted molar refractivity (Wildman–Crippen MR) is 154 cm³/mol. The summed E-state index contributed by atoms with van der Waals surface area (Å²) in [4.78, 5) is 17.5. The van der Waals surface area contributed by atoms with E-state index in [0.717, 1.165) is 62.7 Å². The number of carbonyl (C=O) groups is 1. The Kier molecular flexibility index (Phi) is 10.4. The summed E-state index contributed by atoms with van der Waals surface area (Å²) < 4.78 is 84.7. The maximum Gasteiger partial charge on any atom is 0.387 e. The highest BCUT2D eigenvalue weighted by Crippen LogP contribution is 2.34. The van der Waals surface area contributed by atoms with E-state index in [1.165, 1.54) is 23.1 Å². The van der Waals surface area contributed by atoms with E-state index in [4.69, 9.17) is 0 Å². The molecule has 13 heteroatoms. The van der Waals surface area contributed by atoms with Crippen LogP contribution in [0.1, 0.15) is 61.4 Å². The standard InChI is InChI=1S/C30H37F4N3O5S/c1-20(14-21-7-9-23(31)16-25(21)32)17-37(28(39)22-8-10-27(26(38)15-22)42-29(33)34)18-24-6-5-13-36(24)19-30(11-3-4-12-30)35-43(2,40)41/h7-10,14-16,24,29,35,38H,3-6,11-13,17-19H2,1-2H3. The number of carbonyl (C=O) groups excluding carboxylic acids is 1. The van der Waals surface area contributed by atoms with Crippen LogP contribution in [0.15, 0.2) is 42.0 Å². The zero-order chi connectivity index (χ0) is 31.4. The van der Waals surface area contributed by atoms with E-state index in [0.29, 0.717) is 25.0 Å². The Morgan fingerprint density at radius 3 is 2.53 bits per heavy atom. The van der Waals surface area contributed by atoms with Gasteiger partial charge in [0.25, 0.3) is 5.91 Å². The molecule has 2 fully saturated rings. The maximum atomic E-state index is 14.4. The monoisotopic (exact) mass is 627 g/mol. The van der Waals surface area contributed by atoms with E-state index >= 15 is 0 Å². The van der Waals surface area contributed by atoms with Crippen molar-refractivity contribution in [2.45, 2.75) is 63.6 Å². The number of alkyl halides is 2. The molecule has 0 spiro atoms. The van der Waals surface area contributed by atoms with Gasteiger partial charge < -0.3 is 14.7 Å². The molecule has 2 aromatic carbocycles. The minimum Gasteiger partial charge on any atom is -0.504 e. The fourth-order valence-corrected chi connectivity index (χ4v) is 7.22. The van der Waals surface area contributed by atoms with E-state index in [-0.39, 0.29) is 30.3 Å². The molecule has 1 amide bonds. The summed E-state index contributed by atoms with van der Waals surface area (Å²) in [6, 6.07) is 6.52. The Bertz CT molecular complexity index is 1450. The number of phenolic OH excluding ortho intramolecular Hbond substituents is 1. The number of amides is 1. The minimum absolute atomic E-state index is 0.0374. The molecule has 1 unspecified atom stereocenters. The van der Waals surface area contributed by atoms with Crippen LogP contribution in [0.4, 0.5) is 17.6 Å². The normalized spacial score (nSPS) is 19.2. The van der Waals surface area contributed by atoms with E-state index < -0.39 is 51.2 Å². The molecule has 2 N–H and O–H groups in total. The van der Waals surface area contributed by atoms with Crippen LogP contribution in [0, 0.1) is 11.6 Å². The number of benzene rings is 2. The molecule has 1 aliphatic carbocycles. The first-order chi connectivity index (χ1) is 20.2. The van der Waals surface area contributed by atoms with Crippen molar-refractivity contribution in [1.29, 1.82) is 0 Å². The van der Waals surface area contributed by atoms with Gasteiger partial charge in [-0.2, -0.15) is 8.78 Å². The molecule has 0 aromatic heterocycles. The van der Waals surface area contributed by atoms with Crippen LogP contribution in [-0.4, -0.2) is 79.9 Å². The van der Waals surface area contributed by atoms with Crippen LogP contribution >= 0.6 is 0 Å². The Balaban J connectivity index is 1.60. The van der Waals surface area contributed by atoms with Gasteiger partial charge >= 0.3 is 6.61 Å². The molecule has 0 radical (unpaired) electrons. The first-order valence-corrected chi connectivity index (χ1v) is 16.0. The van der Waals surface area contributed by atoms with Gasteiger partial charge in [0.2, 0.25) is 10.0 Å². The number of hydrogen-bond acceptors (Lipinski definition) is 6. The summed E-state index contributed by atoms with van der Waals surface area (Å²) in [6.07, 6.45) is 7.50. The van der Waals surface area contributed by atoms with Crippen molar-refractivity contribution in [1.82, 2.24) is 14.5 Å². The van der Waals surface area contributed by atoms with Gasteiger partial charge in [-0.25, -0.2) is 21.9 Å². The Hall–Kier alpha value is -3.16. The number of sulfonamides is 1. The molecule has 2 aliphatic rings. The molecule has 236 valence electrons. The lowest BCUT2D eigenvalue weighted by atomic mass is 9.98. The van der Waals surface area contributed by atoms with Crippen molar-refractivity contribution in [3.63, 3.8) is 0 Å².